The molecule has 0 radical (unpaired) electrons. The van der Waals surface area contributed by atoms with E-state index in [-0.39, 0.29) is 35.0 Å². The van der Waals surface area contributed by atoms with E-state index in [2.05, 4.69) is 10.3 Å². The summed E-state index contributed by atoms with van der Waals surface area (Å²) in [6.07, 6.45) is 1.34. The number of sulfonamides is 1. The summed E-state index contributed by atoms with van der Waals surface area (Å²) in [5.41, 5.74) is 0.234. The maximum atomic E-state index is 12.8. The molecule has 1 aliphatic rings. The number of nitrogens with one attached hydrogen (secondary N) is 1. The van der Waals surface area contributed by atoms with Crippen LogP contribution in [-0.4, -0.2) is 61.6 Å². The Morgan fingerprint density at radius 1 is 1.29 bits per heavy atom. The molecule has 0 bridgehead atoms. The van der Waals surface area contributed by atoms with E-state index in [1.54, 1.807) is 6.07 Å². The number of carbonyl (C=O) groups excluding carboxylic acids is 1. The van der Waals surface area contributed by atoms with Crippen molar-refractivity contribution in [2.45, 2.75) is 11.8 Å². The Morgan fingerprint density at radius 2 is 2.04 bits per heavy atom. The Hall–Kier alpha value is -2.69. The third-order valence-electron chi connectivity index (χ3n) is 4.11. The first-order chi connectivity index (χ1) is 13.4. The molecule has 0 saturated carbocycles. The molecule has 0 spiro atoms. The van der Waals surface area contributed by atoms with Crippen LogP contribution in [0.4, 0.5) is 5.69 Å². The lowest BCUT2D eigenvalue weighted by Gasteiger charge is -2.26. The standard InChI is InChI=1S/C18H21N3O6S/c1-2-27-17-6-3-13(12-19-17)18(23)20-15-11-14(4-5-16(15)22)28(24,25)21-7-9-26-10-8-21/h3-6,11-12,22H,2,7-10H2,1H3,(H,20,23). The molecule has 9 nitrogen and oxygen atoms in total. The summed E-state index contributed by atoms with van der Waals surface area (Å²) in [6.45, 7) is 3.43. The Bertz CT molecular complexity index is 940. The first kappa shape index (κ1) is 20.1. The number of carbonyl (C=O) groups is 1. The third-order valence-corrected chi connectivity index (χ3v) is 6.01. The summed E-state index contributed by atoms with van der Waals surface area (Å²) in [6, 6.07) is 6.85. The fraction of sp³-hybridized carbons (Fsp3) is 0.333. The first-order valence-electron chi connectivity index (χ1n) is 8.73. The van der Waals surface area contributed by atoms with E-state index in [1.165, 1.54) is 34.8 Å². The number of hydrogen-bond acceptors (Lipinski definition) is 7. The fourth-order valence-corrected chi connectivity index (χ4v) is 4.09. The van der Waals surface area contributed by atoms with E-state index in [4.69, 9.17) is 9.47 Å². The molecule has 1 aromatic carbocycles. The van der Waals surface area contributed by atoms with Crippen LogP contribution in [0.15, 0.2) is 41.4 Å². The minimum absolute atomic E-state index is 0.00628. The maximum Gasteiger partial charge on any atom is 0.257 e. The number of phenolic OH excluding ortho intramolecular Hbond substituents is 1. The molecule has 1 fully saturated rings. The van der Waals surface area contributed by atoms with E-state index in [9.17, 15) is 18.3 Å². The van der Waals surface area contributed by atoms with Gasteiger partial charge in [-0.1, -0.05) is 0 Å². The Kier molecular flexibility index (Phi) is 6.12. The number of nitrogens with zero attached hydrogens (tertiary/aromatic N) is 2. The summed E-state index contributed by atoms with van der Waals surface area (Å²) < 4.78 is 37.2. The topological polar surface area (TPSA) is 118 Å². The second kappa shape index (κ2) is 8.55. The van der Waals surface area contributed by atoms with Crippen molar-refractivity contribution in [2.75, 3.05) is 38.2 Å². The van der Waals surface area contributed by atoms with Crippen molar-refractivity contribution in [1.29, 1.82) is 0 Å². The molecule has 0 aliphatic carbocycles. The molecule has 1 aliphatic heterocycles. The number of phenols is 1. The Balaban J connectivity index is 1.80. The maximum absolute atomic E-state index is 12.8. The minimum atomic E-state index is -3.75. The molecule has 3 rings (SSSR count). The van der Waals surface area contributed by atoms with Gasteiger partial charge in [0, 0.05) is 25.4 Å². The third kappa shape index (κ3) is 4.41. The molecule has 1 saturated heterocycles. The van der Waals surface area contributed by atoms with Crippen LogP contribution in [0.2, 0.25) is 0 Å². The van der Waals surface area contributed by atoms with Gasteiger partial charge in [-0.2, -0.15) is 4.31 Å². The van der Waals surface area contributed by atoms with Gasteiger partial charge in [0.15, 0.2) is 0 Å². The molecule has 2 heterocycles. The number of hydrogen-bond donors (Lipinski definition) is 2. The molecule has 10 heteroatoms. The average molecular weight is 407 g/mol. The van der Waals surface area contributed by atoms with E-state index >= 15 is 0 Å². The lowest BCUT2D eigenvalue weighted by Crippen LogP contribution is -2.40. The molecule has 1 aromatic heterocycles. The number of ether oxygens (including phenoxy) is 2. The lowest BCUT2D eigenvalue weighted by molar-refractivity contribution is 0.0730. The fourth-order valence-electron chi connectivity index (χ4n) is 2.65. The largest absolute Gasteiger partial charge is 0.506 e. The van der Waals surface area contributed by atoms with Gasteiger partial charge in [0.05, 0.1) is 36.0 Å². The Morgan fingerprint density at radius 3 is 2.68 bits per heavy atom. The monoisotopic (exact) mass is 407 g/mol. The van der Waals surface area contributed by atoms with E-state index in [0.717, 1.165) is 0 Å². The van der Waals surface area contributed by atoms with Crippen molar-refractivity contribution in [1.82, 2.24) is 9.29 Å². The van der Waals surface area contributed by atoms with Crippen LogP contribution in [0.1, 0.15) is 17.3 Å². The number of pyridine rings is 1. The number of anilines is 1. The van der Waals surface area contributed by atoms with Gasteiger partial charge in [-0.25, -0.2) is 13.4 Å². The van der Waals surface area contributed by atoms with Crippen molar-refractivity contribution in [3.8, 4) is 11.6 Å². The number of aromatic hydroxyl groups is 1. The van der Waals surface area contributed by atoms with Crippen LogP contribution >= 0.6 is 0 Å². The van der Waals surface area contributed by atoms with Gasteiger partial charge in [-0.05, 0) is 31.2 Å². The molecule has 0 unspecified atom stereocenters. The highest BCUT2D eigenvalue weighted by atomic mass is 32.2. The Labute approximate surface area is 163 Å². The van der Waals surface area contributed by atoms with E-state index in [0.29, 0.717) is 25.7 Å². The highest BCUT2D eigenvalue weighted by Crippen LogP contribution is 2.28. The minimum Gasteiger partial charge on any atom is -0.506 e. The summed E-state index contributed by atoms with van der Waals surface area (Å²) in [5.74, 6) is -0.388. The second-order valence-electron chi connectivity index (χ2n) is 5.97. The molecular weight excluding hydrogens is 386 g/mol. The lowest BCUT2D eigenvalue weighted by atomic mass is 10.2. The van der Waals surface area contributed by atoms with Gasteiger partial charge >= 0.3 is 0 Å². The summed E-state index contributed by atoms with van der Waals surface area (Å²) in [4.78, 5) is 16.4. The number of rotatable bonds is 6. The van der Waals surface area contributed by atoms with Crippen LogP contribution < -0.4 is 10.1 Å². The zero-order chi connectivity index (χ0) is 20.1. The van der Waals surface area contributed by atoms with Crippen LogP contribution in [0.3, 0.4) is 0 Å². The van der Waals surface area contributed by atoms with Gasteiger partial charge in [0.1, 0.15) is 5.75 Å². The quantitative estimate of drug-likeness (QED) is 0.696. The van der Waals surface area contributed by atoms with E-state index in [1.807, 2.05) is 6.92 Å². The van der Waals surface area contributed by atoms with Crippen LogP contribution in [0.25, 0.3) is 0 Å². The molecular formula is C18H21N3O6S. The van der Waals surface area contributed by atoms with Crippen molar-refractivity contribution in [2.24, 2.45) is 0 Å². The smallest absolute Gasteiger partial charge is 0.257 e. The zero-order valence-electron chi connectivity index (χ0n) is 15.3. The van der Waals surface area contributed by atoms with Crippen LogP contribution in [-0.2, 0) is 14.8 Å². The van der Waals surface area contributed by atoms with Crippen LogP contribution in [0, 0.1) is 0 Å². The van der Waals surface area contributed by atoms with Crippen molar-refractivity contribution < 1.29 is 27.8 Å². The highest BCUT2D eigenvalue weighted by molar-refractivity contribution is 7.89. The summed E-state index contributed by atoms with van der Waals surface area (Å²) in [5, 5.41) is 12.6. The van der Waals surface area contributed by atoms with Gasteiger partial charge in [0.25, 0.3) is 5.91 Å². The summed E-state index contributed by atoms with van der Waals surface area (Å²) in [7, 11) is -3.75. The SMILES string of the molecule is CCOc1ccc(C(=O)Nc2cc(S(=O)(=O)N3CCOCC3)ccc2O)cn1. The van der Waals surface area contributed by atoms with Gasteiger partial charge in [-0.15, -0.1) is 0 Å². The normalized spacial score (nSPS) is 15.2. The predicted octanol–water partition coefficient (Wildman–Crippen LogP) is 1.46. The van der Waals surface area contributed by atoms with Gasteiger partial charge < -0.3 is 19.9 Å². The van der Waals surface area contributed by atoms with Crippen LogP contribution in [0.5, 0.6) is 11.6 Å². The molecule has 150 valence electrons. The van der Waals surface area contributed by atoms with Crippen molar-refractivity contribution in [3.63, 3.8) is 0 Å². The van der Waals surface area contributed by atoms with Crippen molar-refractivity contribution >= 4 is 21.6 Å². The number of amides is 1. The second-order valence-corrected chi connectivity index (χ2v) is 7.91. The number of aromatic nitrogens is 1. The van der Waals surface area contributed by atoms with Crippen molar-refractivity contribution in [3.05, 3.63) is 42.1 Å². The number of morpholine rings is 1. The predicted molar refractivity (Wildman–Crippen MR) is 101 cm³/mol. The first-order valence-corrected chi connectivity index (χ1v) is 10.2. The van der Waals surface area contributed by atoms with Gasteiger partial charge in [0.2, 0.25) is 15.9 Å². The number of benzene rings is 1. The van der Waals surface area contributed by atoms with E-state index < -0.39 is 15.9 Å². The summed E-state index contributed by atoms with van der Waals surface area (Å²) >= 11 is 0. The average Bonchev–Trinajstić information content (AvgIpc) is 2.71. The zero-order valence-corrected chi connectivity index (χ0v) is 16.1. The highest BCUT2D eigenvalue weighted by Gasteiger charge is 2.27. The molecule has 0 atom stereocenters. The molecule has 1 amide bonds. The van der Waals surface area contributed by atoms with Gasteiger partial charge in [-0.3, -0.25) is 4.79 Å². The molecule has 2 N–H and O–H groups in total. The molecule has 28 heavy (non-hydrogen) atoms. The molecule has 2 aromatic rings.